The first-order chi connectivity index (χ1) is 9.33. The van der Waals surface area contributed by atoms with Gasteiger partial charge >= 0.3 is 0 Å². The van der Waals surface area contributed by atoms with E-state index in [2.05, 4.69) is 15.8 Å². The zero-order valence-corrected chi connectivity index (χ0v) is 12.4. The summed E-state index contributed by atoms with van der Waals surface area (Å²) in [5.74, 6) is 2.00. The minimum absolute atomic E-state index is 0. The number of nitrogens with zero attached hydrogens (tertiary/aromatic N) is 1. The highest BCUT2D eigenvalue weighted by atomic mass is 35.5. The molecule has 20 heavy (non-hydrogen) atoms. The molecule has 6 heteroatoms. The molecule has 0 atom stereocenters. The molecule has 2 heterocycles. The van der Waals surface area contributed by atoms with E-state index in [-0.39, 0.29) is 18.3 Å². The van der Waals surface area contributed by atoms with Gasteiger partial charge in [-0.3, -0.25) is 4.79 Å². The van der Waals surface area contributed by atoms with Crippen LogP contribution in [0.15, 0.2) is 10.6 Å². The van der Waals surface area contributed by atoms with Crippen molar-refractivity contribution in [1.29, 1.82) is 0 Å². The summed E-state index contributed by atoms with van der Waals surface area (Å²) in [5.41, 5.74) is 0.423. The average molecular weight is 300 g/mol. The van der Waals surface area contributed by atoms with E-state index in [0.717, 1.165) is 50.6 Å². The maximum atomic E-state index is 11.9. The van der Waals surface area contributed by atoms with Gasteiger partial charge in [0.25, 0.3) is 5.91 Å². The zero-order chi connectivity index (χ0) is 13.1. The molecule has 0 unspecified atom stereocenters. The Balaban J connectivity index is 0.00000147. The molecule has 1 aromatic rings. The van der Waals surface area contributed by atoms with Crippen molar-refractivity contribution in [3.05, 3.63) is 17.5 Å². The lowest BCUT2D eigenvalue weighted by molar-refractivity contribution is 0.0941. The molecule has 0 spiro atoms. The molecule has 0 bridgehead atoms. The van der Waals surface area contributed by atoms with Crippen LogP contribution in [-0.4, -0.2) is 30.7 Å². The zero-order valence-electron chi connectivity index (χ0n) is 11.6. The van der Waals surface area contributed by atoms with Gasteiger partial charge in [-0.2, -0.15) is 0 Å². The van der Waals surface area contributed by atoms with Crippen LogP contribution in [0.2, 0.25) is 0 Å². The molecule has 0 radical (unpaired) electrons. The summed E-state index contributed by atoms with van der Waals surface area (Å²) in [4.78, 5) is 11.9. The summed E-state index contributed by atoms with van der Waals surface area (Å²) in [6.07, 6.45) is 5.80. The Kier molecular flexibility index (Phi) is 5.43. The lowest BCUT2D eigenvalue weighted by atomic mass is 9.95. The number of amides is 1. The number of nitrogens with one attached hydrogen (secondary N) is 2. The maximum Gasteiger partial charge on any atom is 0.273 e. The second-order valence-electron chi connectivity index (χ2n) is 5.63. The molecule has 2 aliphatic rings. The minimum Gasteiger partial charge on any atom is -0.360 e. The monoisotopic (exact) mass is 299 g/mol. The summed E-state index contributed by atoms with van der Waals surface area (Å²) >= 11 is 0. The van der Waals surface area contributed by atoms with E-state index in [1.54, 1.807) is 6.07 Å². The molecule has 1 saturated carbocycles. The lowest BCUT2D eigenvalue weighted by Gasteiger charge is -2.22. The van der Waals surface area contributed by atoms with E-state index >= 15 is 0 Å². The Morgan fingerprint density at radius 2 is 2.10 bits per heavy atom. The van der Waals surface area contributed by atoms with E-state index in [9.17, 15) is 4.79 Å². The molecule has 2 N–H and O–H groups in total. The number of halogens is 1. The first-order valence-corrected chi connectivity index (χ1v) is 7.28. The van der Waals surface area contributed by atoms with Crippen LogP contribution in [0.5, 0.6) is 0 Å². The fourth-order valence-electron chi connectivity index (χ4n) is 2.61. The van der Waals surface area contributed by atoms with Crippen molar-refractivity contribution < 1.29 is 9.32 Å². The summed E-state index contributed by atoms with van der Waals surface area (Å²) in [6.45, 7) is 2.94. The highest BCUT2D eigenvalue weighted by Crippen LogP contribution is 2.40. The fraction of sp³-hybridized carbons (Fsp3) is 0.714. The van der Waals surface area contributed by atoms with Crippen LogP contribution < -0.4 is 10.6 Å². The first kappa shape index (κ1) is 15.3. The third-order valence-electron chi connectivity index (χ3n) is 4.04. The molecule has 1 saturated heterocycles. The molecule has 3 rings (SSSR count). The molecule has 1 amide bonds. The second kappa shape index (κ2) is 7.09. The summed E-state index contributed by atoms with van der Waals surface area (Å²) < 4.78 is 5.19. The summed E-state index contributed by atoms with van der Waals surface area (Å²) in [6, 6.07) is 1.79. The van der Waals surface area contributed by atoms with Crippen LogP contribution in [0.3, 0.4) is 0 Å². The van der Waals surface area contributed by atoms with Crippen LogP contribution >= 0.6 is 12.4 Å². The Morgan fingerprint density at radius 1 is 1.35 bits per heavy atom. The van der Waals surface area contributed by atoms with Gasteiger partial charge < -0.3 is 15.2 Å². The van der Waals surface area contributed by atoms with E-state index in [4.69, 9.17) is 4.52 Å². The van der Waals surface area contributed by atoms with Crippen molar-refractivity contribution in [2.75, 3.05) is 19.6 Å². The standard InChI is InChI=1S/C14H21N3O2.ClH/c18-14(12-9-13(19-17-12)11-1-2-11)16-8-5-10-3-6-15-7-4-10;/h9-11,15H,1-8H2,(H,16,18);1H. The van der Waals surface area contributed by atoms with E-state index in [1.807, 2.05) is 0 Å². The average Bonchev–Trinajstić information content (AvgIpc) is 3.17. The van der Waals surface area contributed by atoms with Crippen molar-refractivity contribution in [3.63, 3.8) is 0 Å². The van der Waals surface area contributed by atoms with Gasteiger partial charge in [-0.1, -0.05) is 5.16 Å². The number of piperidine rings is 1. The first-order valence-electron chi connectivity index (χ1n) is 7.28. The van der Waals surface area contributed by atoms with Crippen molar-refractivity contribution >= 4 is 18.3 Å². The number of aromatic nitrogens is 1. The van der Waals surface area contributed by atoms with Crippen molar-refractivity contribution in [2.24, 2.45) is 5.92 Å². The Morgan fingerprint density at radius 3 is 2.80 bits per heavy atom. The van der Waals surface area contributed by atoms with Gasteiger partial charge in [-0.05, 0) is 51.1 Å². The van der Waals surface area contributed by atoms with E-state index in [0.29, 0.717) is 11.6 Å². The van der Waals surface area contributed by atoms with Crippen molar-refractivity contribution in [1.82, 2.24) is 15.8 Å². The Hall–Kier alpha value is -1.07. The number of rotatable bonds is 5. The third-order valence-corrected chi connectivity index (χ3v) is 4.04. The minimum atomic E-state index is -0.107. The fourth-order valence-corrected chi connectivity index (χ4v) is 2.61. The van der Waals surface area contributed by atoms with Gasteiger partial charge in [0.15, 0.2) is 5.69 Å². The largest absolute Gasteiger partial charge is 0.360 e. The van der Waals surface area contributed by atoms with Gasteiger partial charge in [-0.25, -0.2) is 0 Å². The highest BCUT2D eigenvalue weighted by molar-refractivity contribution is 5.92. The number of carbonyl (C=O) groups excluding carboxylic acids is 1. The molecule has 5 nitrogen and oxygen atoms in total. The Bertz CT molecular complexity index is 439. The van der Waals surface area contributed by atoms with Gasteiger partial charge in [0.05, 0.1) is 0 Å². The number of hydrogen-bond donors (Lipinski definition) is 2. The molecule has 1 aliphatic heterocycles. The Labute approximate surface area is 125 Å². The van der Waals surface area contributed by atoms with Crippen LogP contribution in [0.1, 0.15) is 54.3 Å². The maximum absolute atomic E-state index is 11.9. The molecule has 1 aromatic heterocycles. The van der Waals surface area contributed by atoms with Gasteiger partial charge in [0.1, 0.15) is 5.76 Å². The van der Waals surface area contributed by atoms with Crippen LogP contribution in [0.4, 0.5) is 0 Å². The molecule has 2 fully saturated rings. The van der Waals surface area contributed by atoms with Crippen LogP contribution in [-0.2, 0) is 0 Å². The molecule has 0 aromatic carbocycles. The molecular formula is C14H22ClN3O2. The predicted octanol–water partition coefficient (Wildman–Crippen LogP) is 2.09. The summed E-state index contributed by atoms with van der Waals surface area (Å²) in [7, 11) is 0. The molecule has 1 aliphatic carbocycles. The molecular weight excluding hydrogens is 278 g/mol. The number of carbonyl (C=O) groups is 1. The van der Waals surface area contributed by atoms with Gasteiger partial charge in [0, 0.05) is 18.5 Å². The van der Waals surface area contributed by atoms with Crippen molar-refractivity contribution in [2.45, 2.75) is 38.0 Å². The highest BCUT2D eigenvalue weighted by Gasteiger charge is 2.28. The predicted molar refractivity (Wildman–Crippen MR) is 78.3 cm³/mol. The summed E-state index contributed by atoms with van der Waals surface area (Å²) in [5, 5.41) is 10.1. The van der Waals surface area contributed by atoms with Crippen LogP contribution in [0, 0.1) is 5.92 Å². The van der Waals surface area contributed by atoms with Crippen LogP contribution in [0.25, 0.3) is 0 Å². The van der Waals surface area contributed by atoms with E-state index < -0.39 is 0 Å². The molecule has 112 valence electrons. The van der Waals surface area contributed by atoms with Gasteiger partial charge in [0.2, 0.25) is 0 Å². The lowest BCUT2D eigenvalue weighted by Crippen LogP contribution is -2.31. The van der Waals surface area contributed by atoms with E-state index in [1.165, 1.54) is 12.8 Å². The smallest absolute Gasteiger partial charge is 0.273 e. The topological polar surface area (TPSA) is 67.2 Å². The SMILES string of the molecule is Cl.O=C(NCCC1CCNCC1)c1cc(C2CC2)on1. The third kappa shape index (κ3) is 3.96. The van der Waals surface area contributed by atoms with Gasteiger partial charge in [-0.15, -0.1) is 12.4 Å². The quantitative estimate of drug-likeness (QED) is 0.874. The normalized spacial score (nSPS) is 19.4. The number of hydrogen-bond acceptors (Lipinski definition) is 4. The second-order valence-corrected chi connectivity index (χ2v) is 5.63. The van der Waals surface area contributed by atoms with Crippen molar-refractivity contribution in [3.8, 4) is 0 Å².